The summed E-state index contributed by atoms with van der Waals surface area (Å²) in [5.41, 5.74) is 6.86. The van der Waals surface area contributed by atoms with Crippen LogP contribution in [0.3, 0.4) is 0 Å². The lowest BCUT2D eigenvalue weighted by Crippen LogP contribution is -2.60. The molecule has 24 heteroatoms. The highest BCUT2D eigenvalue weighted by molar-refractivity contribution is 7.46. The van der Waals surface area contributed by atoms with Crippen molar-refractivity contribution in [3.05, 3.63) is 77.9 Å². The van der Waals surface area contributed by atoms with E-state index in [0.717, 1.165) is 12.1 Å². The Morgan fingerprint density at radius 2 is 1.25 bits per heavy atom. The summed E-state index contributed by atoms with van der Waals surface area (Å²) in [6.45, 7) is 3.21. The Kier molecular flexibility index (Phi) is 18.1. The molecule has 0 aliphatic rings. The molecule has 13 N–H and O–H groups in total. The number of phenols is 1. The van der Waals surface area contributed by atoms with E-state index in [1.54, 1.807) is 13.8 Å². The van der Waals surface area contributed by atoms with E-state index in [9.17, 15) is 53.1 Å². The summed E-state index contributed by atoms with van der Waals surface area (Å²) in [5, 5.41) is 40.7. The summed E-state index contributed by atoms with van der Waals surface area (Å²) < 4.78 is 15.7. The van der Waals surface area contributed by atoms with Crippen LogP contribution in [-0.4, -0.2) is 119 Å². The summed E-state index contributed by atoms with van der Waals surface area (Å²) in [4.78, 5) is 128. The number of nitrogens with zero attached hydrogens (tertiary/aromatic N) is 1. The van der Waals surface area contributed by atoms with Gasteiger partial charge in [0.25, 0.3) is 0 Å². The quantitative estimate of drug-likeness (QED) is 0.0348. The van der Waals surface area contributed by atoms with Gasteiger partial charge in [0.2, 0.25) is 29.5 Å². The third-order valence-electron chi connectivity index (χ3n) is 8.71. The number of phosphoric acid groups is 1. The van der Waals surface area contributed by atoms with Crippen molar-refractivity contribution in [3.8, 4) is 11.5 Å². The summed E-state index contributed by atoms with van der Waals surface area (Å²) in [6.07, 6.45) is 0.825. The number of imidazole rings is 1. The lowest BCUT2D eigenvalue weighted by atomic mass is 10.00. The van der Waals surface area contributed by atoms with Gasteiger partial charge < -0.3 is 61.9 Å². The fourth-order valence-corrected chi connectivity index (χ4v) is 6.06. The first-order chi connectivity index (χ1) is 28.6. The van der Waals surface area contributed by atoms with E-state index in [2.05, 4.69) is 41.1 Å². The van der Waals surface area contributed by atoms with Crippen LogP contribution in [0.25, 0.3) is 0 Å². The van der Waals surface area contributed by atoms with Gasteiger partial charge in [0.05, 0.1) is 31.3 Å². The molecule has 61 heavy (non-hydrogen) atoms. The van der Waals surface area contributed by atoms with Gasteiger partial charge in [0.1, 0.15) is 42.0 Å². The first-order valence-electron chi connectivity index (χ1n) is 18.4. The van der Waals surface area contributed by atoms with Crippen LogP contribution in [0.4, 0.5) is 0 Å². The minimum absolute atomic E-state index is 0.0600. The molecule has 2 aromatic carbocycles. The van der Waals surface area contributed by atoms with Crippen molar-refractivity contribution in [3.63, 3.8) is 0 Å². The molecule has 0 aliphatic heterocycles. The molecular weight excluding hydrogens is 827 g/mol. The number of aliphatic carboxylic acids is 2. The number of H-pyrrole nitrogens is 1. The highest BCUT2D eigenvalue weighted by Crippen LogP contribution is 2.37. The lowest BCUT2D eigenvalue weighted by Gasteiger charge is -2.28. The maximum atomic E-state index is 13.9. The number of rotatable bonds is 24. The average Bonchev–Trinajstić information content (AvgIpc) is 3.69. The molecule has 0 radical (unpaired) electrons. The molecule has 0 saturated carbocycles. The zero-order valence-corrected chi connectivity index (χ0v) is 33.6. The first kappa shape index (κ1) is 48.7. The van der Waals surface area contributed by atoms with Crippen LogP contribution in [0.5, 0.6) is 11.5 Å². The number of nitrogens with two attached hydrogens (primary N) is 1. The van der Waals surface area contributed by atoms with E-state index in [4.69, 9.17) is 20.6 Å². The molecule has 0 bridgehead atoms. The van der Waals surface area contributed by atoms with Gasteiger partial charge in [-0.05, 0) is 41.3 Å². The van der Waals surface area contributed by atoms with Gasteiger partial charge in [-0.1, -0.05) is 38.1 Å². The average molecular weight is 875 g/mol. The van der Waals surface area contributed by atoms with Gasteiger partial charge in [0.15, 0.2) is 0 Å². The van der Waals surface area contributed by atoms with Crippen LogP contribution in [0.15, 0.2) is 61.1 Å². The number of phosphoric ester groups is 1. The van der Waals surface area contributed by atoms with Crippen LogP contribution < -0.4 is 36.8 Å². The predicted molar refractivity (Wildman–Crippen MR) is 210 cm³/mol. The minimum atomic E-state index is -4.93. The summed E-state index contributed by atoms with van der Waals surface area (Å²) in [6, 6.07) is 1.22. The molecule has 0 unspecified atom stereocenters. The van der Waals surface area contributed by atoms with Crippen LogP contribution >= 0.6 is 7.82 Å². The van der Waals surface area contributed by atoms with Crippen molar-refractivity contribution in [1.29, 1.82) is 0 Å². The minimum Gasteiger partial charge on any atom is -0.508 e. The number of aromatic nitrogens is 2. The van der Waals surface area contributed by atoms with Crippen molar-refractivity contribution in [2.75, 3.05) is 0 Å². The second-order valence-electron chi connectivity index (χ2n) is 14.0. The van der Waals surface area contributed by atoms with Crippen LogP contribution in [-0.2, 0) is 62.2 Å². The fourth-order valence-electron chi connectivity index (χ4n) is 5.66. The molecule has 3 rings (SSSR count). The van der Waals surface area contributed by atoms with Crippen molar-refractivity contribution < 1.29 is 72.6 Å². The third kappa shape index (κ3) is 16.8. The van der Waals surface area contributed by atoms with Crippen LogP contribution in [0.1, 0.15) is 43.5 Å². The smallest absolute Gasteiger partial charge is 0.508 e. The van der Waals surface area contributed by atoms with Gasteiger partial charge in [-0.3, -0.25) is 43.3 Å². The predicted octanol–water partition coefficient (Wildman–Crippen LogP) is -1.83. The maximum absolute atomic E-state index is 13.9. The zero-order valence-electron chi connectivity index (χ0n) is 32.7. The molecule has 0 saturated heterocycles. The van der Waals surface area contributed by atoms with Crippen molar-refractivity contribution in [2.45, 2.75) is 82.2 Å². The number of aromatic amines is 1. The topological polar surface area (TPSA) is 379 Å². The zero-order chi connectivity index (χ0) is 45.4. The van der Waals surface area contributed by atoms with Gasteiger partial charge in [-0.25, -0.2) is 9.55 Å². The normalized spacial score (nSPS) is 14.2. The second kappa shape index (κ2) is 22.6. The van der Waals surface area contributed by atoms with Gasteiger partial charge in [-0.2, -0.15) is 0 Å². The molecule has 1 aromatic heterocycles. The molecule has 0 fully saturated rings. The molecule has 1 heterocycles. The van der Waals surface area contributed by atoms with E-state index >= 15 is 0 Å². The van der Waals surface area contributed by atoms with Crippen LogP contribution in [0.2, 0.25) is 0 Å². The van der Waals surface area contributed by atoms with E-state index < -0.39 is 111 Å². The van der Waals surface area contributed by atoms with E-state index in [-0.39, 0.29) is 29.9 Å². The Morgan fingerprint density at radius 3 is 1.74 bits per heavy atom. The standard InChI is InChI=1S/C37H47N8O15P/c1-19(2)32(37(56)41-23(17-46)13-22-16-39-18-40-22)45-36(55)28(11-20-3-7-24(47)8-4-20)43-35(54)29(15-31(50)51)44-34(53)27(42-33(52)26(38)14-30(48)49)12-21-5-9-25(10-6-21)60-61(57,58)59/h3-10,16-19,23,26-29,32,47H,11-15,38H2,1-2H3,(H,39,40)(H,41,56)(H,42,52)(H,43,54)(H,44,53)(H,45,55)(H,48,49)(H,50,51)(H2,57,58,59)/t23-,26-,27-,28-,29-,32-/m0/s1. The molecule has 330 valence electrons. The third-order valence-corrected chi connectivity index (χ3v) is 9.15. The number of carbonyl (C=O) groups is 8. The number of amides is 5. The number of benzene rings is 2. The summed E-state index contributed by atoms with van der Waals surface area (Å²) in [5.74, 6) is -9.13. The number of carboxylic acid groups (broad SMARTS) is 2. The molecular formula is C37H47N8O15P. The number of carbonyl (C=O) groups excluding carboxylic acids is 6. The lowest BCUT2D eigenvalue weighted by molar-refractivity contribution is -0.141. The van der Waals surface area contributed by atoms with Crippen LogP contribution in [0, 0.1) is 5.92 Å². The molecule has 5 amide bonds. The molecule has 0 aliphatic carbocycles. The van der Waals surface area contributed by atoms with E-state index in [0.29, 0.717) is 17.5 Å². The number of phenolic OH excluding ortho intramolecular Hbond substituents is 1. The maximum Gasteiger partial charge on any atom is 0.524 e. The molecule has 0 spiro atoms. The highest BCUT2D eigenvalue weighted by atomic mass is 31.2. The number of hydrogen-bond acceptors (Lipinski definition) is 13. The monoisotopic (exact) mass is 874 g/mol. The number of aldehydes is 1. The summed E-state index contributed by atoms with van der Waals surface area (Å²) in [7, 11) is -4.93. The molecule has 6 atom stereocenters. The molecule has 3 aromatic rings. The number of hydrogen-bond donors (Lipinski definition) is 12. The van der Waals surface area contributed by atoms with Crippen molar-refractivity contribution >= 4 is 55.6 Å². The Labute approximate surface area is 347 Å². The highest BCUT2D eigenvalue weighted by Gasteiger charge is 2.34. The van der Waals surface area contributed by atoms with E-state index in [1.807, 2.05) is 0 Å². The van der Waals surface area contributed by atoms with Gasteiger partial charge >= 0.3 is 19.8 Å². The Morgan fingerprint density at radius 1 is 0.738 bits per heavy atom. The Hall–Kier alpha value is -6.68. The van der Waals surface area contributed by atoms with Gasteiger partial charge in [-0.15, -0.1) is 0 Å². The number of aromatic hydroxyl groups is 1. The van der Waals surface area contributed by atoms with Gasteiger partial charge in [0, 0.05) is 31.2 Å². The SMILES string of the molecule is CC(C)[C@H](NC(=O)[C@H](Cc1ccc(O)cc1)NC(=O)[C@H](CC(=O)O)NC(=O)[C@H](Cc1ccc(OP(=O)(O)O)cc1)NC(=O)[C@@H](N)CC(=O)O)C(=O)N[C@H](C=O)Cc1cnc[nH]1. The Balaban J connectivity index is 1.90. The Bertz CT molecular complexity index is 2060. The van der Waals surface area contributed by atoms with Crippen molar-refractivity contribution in [1.82, 2.24) is 36.6 Å². The van der Waals surface area contributed by atoms with Crippen molar-refractivity contribution in [2.24, 2.45) is 11.7 Å². The summed E-state index contributed by atoms with van der Waals surface area (Å²) >= 11 is 0. The fraction of sp³-hybridized carbons (Fsp3) is 0.378. The number of nitrogens with one attached hydrogen (secondary N) is 6. The first-order valence-corrected chi connectivity index (χ1v) is 19.9. The second-order valence-corrected chi connectivity index (χ2v) is 15.2. The molecule has 23 nitrogen and oxygen atoms in total. The van der Waals surface area contributed by atoms with E-state index in [1.165, 1.54) is 48.9 Å². The largest absolute Gasteiger partial charge is 0.524 e. The number of carboxylic acids is 2.